The molecule has 0 fully saturated rings. The van der Waals surface area contributed by atoms with Crippen LogP contribution in [0.3, 0.4) is 0 Å². The maximum absolute atomic E-state index is 13.7. The Labute approximate surface area is 115 Å². The van der Waals surface area contributed by atoms with Crippen LogP contribution >= 0.6 is 0 Å². The van der Waals surface area contributed by atoms with Crippen molar-refractivity contribution in [3.63, 3.8) is 0 Å². The molecule has 0 amide bonds. The lowest BCUT2D eigenvalue weighted by molar-refractivity contribution is -0.479. The second kappa shape index (κ2) is 6.60. The maximum Gasteiger partial charge on any atom is 0.213 e. The van der Waals surface area contributed by atoms with Gasteiger partial charge in [0, 0.05) is 23.6 Å². The van der Waals surface area contributed by atoms with Crippen molar-refractivity contribution in [3.05, 3.63) is 69.7 Å². The molecule has 20 heavy (non-hydrogen) atoms. The van der Waals surface area contributed by atoms with Gasteiger partial charge in [-0.1, -0.05) is 18.2 Å². The number of pyridine rings is 1. The molecule has 0 atom stereocenters. The number of nitrogens with zero attached hydrogens (tertiary/aromatic N) is 2. The summed E-state index contributed by atoms with van der Waals surface area (Å²) in [4.78, 5) is 13.8. The van der Waals surface area contributed by atoms with Crippen molar-refractivity contribution in [2.24, 2.45) is 0 Å². The Morgan fingerprint density at radius 3 is 2.80 bits per heavy atom. The molecule has 1 aromatic carbocycles. The van der Waals surface area contributed by atoms with Crippen molar-refractivity contribution in [1.82, 2.24) is 4.98 Å². The molecule has 0 saturated carbocycles. The van der Waals surface area contributed by atoms with E-state index in [2.05, 4.69) is 4.98 Å². The highest BCUT2D eigenvalue weighted by atomic mass is 19.1. The van der Waals surface area contributed by atoms with Gasteiger partial charge in [-0.25, -0.2) is 9.37 Å². The van der Waals surface area contributed by atoms with Gasteiger partial charge in [-0.3, -0.25) is 10.1 Å². The van der Waals surface area contributed by atoms with Crippen LogP contribution in [0.25, 0.3) is 0 Å². The third-order valence-electron chi connectivity index (χ3n) is 2.71. The molecule has 0 spiro atoms. The van der Waals surface area contributed by atoms with Crippen LogP contribution in [0.1, 0.15) is 11.1 Å². The van der Waals surface area contributed by atoms with E-state index in [0.717, 1.165) is 0 Å². The van der Waals surface area contributed by atoms with E-state index in [4.69, 9.17) is 4.74 Å². The quantitative estimate of drug-likeness (QED) is 0.601. The van der Waals surface area contributed by atoms with Crippen molar-refractivity contribution >= 4 is 0 Å². The number of hydrogen-bond acceptors (Lipinski definition) is 4. The first kappa shape index (κ1) is 13.9. The topological polar surface area (TPSA) is 65.3 Å². The van der Waals surface area contributed by atoms with Gasteiger partial charge < -0.3 is 4.74 Å². The first-order valence-corrected chi connectivity index (χ1v) is 6.08. The smallest absolute Gasteiger partial charge is 0.213 e. The lowest BCUT2D eigenvalue weighted by Crippen LogP contribution is -2.06. The first-order chi connectivity index (χ1) is 9.65. The van der Waals surface area contributed by atoms with Crippen molar-refractivity contribution in [3.8, 4) is 5.88 Å². The summed E-state index contributed by atoms with van der Waals surface area (Å²) in [7, 11) is 0. The highest BCUT2D eigenvalue weighted by Crippen LogP contribution is 2.13. The second-order valence-corrected chi connectivity index (χ2v) is 4.19. The van der Waals surface area contributed by atoms with Crippen molar-refractivity contribution in [2.75, 3.05) is 6.54 Å². The number of hydrogen-bond donors (Lipinski definition) is 0. The van der Waals surface area contributed by atoms with Gasteiger partial charge in [0.25, 0.3) is 0 Å². The van der Waals surface area contributed by atoms with Gasteiger partial charge in [-0.2, -0.15) is 0 Å². The number of ether oxygens (including phenoxy) is 1. The molecule has 0 N–H and O–H groups in total. The highest BCUT2D eigenvalue weighted by Gasteiger charge is 2.07. The predicted octanol–water partition coefficient (Wildman–Crippen LogP) is 2.62. The molecule has 0 aliphatic heterocycles. The summed E-state index contributed by atoms with van der Waals surface area (Å²) in [6.07, 6.45) is 1.69. The van der Waals surface area contributed by atoms with E-state index < -0.39 is 10.7 Å². The summed E-state index contributed by atoms with van der Waals surface area (Å²) in [6.45, 7) is -0.0792. The summed E-state index contributed by atoms with van der Waals surface area (Å²) in [5.41, 5.74) is 0.987. The lowest BCUT2D eigenvalue weighted by Gasteiger charge is -2.07. The number of nitro groups is 1. The van der Waals surface area contributed by atoms with E-state index in [-0.39, 0.29) is 19.6 Å². The molecule has 1 heterocycles. The van der Waals surface area contributed by atoms with Crippen LogP contribution in [0.2, 0.25) is 0 Å². The van der Waals surface area contributed by atoms with Gasteiger partial charge in [0.15, 0.2) is 0 Å². The van der Waals surface area contributed by atoms with E-state index in [1.165, 1.54) is 6.07 Å². The Morgan fingerprint density at radius 2 is 2.15 bits per heavy atom. The van der Waals surface area contributed by atoms with E-state index in [1.807, 2.05) is 0 Å². The molecular weight excluding hydrogens is 263 g/mol. The molecule has 0 bridgehead atoms. The molecule has 2 rings (SSSR count). The van der Waals surface area contributed by atoms with Crippen LogP contribution in [0.5, 0.6) is 5.88 Å². The largest absolute Gasteiger partial charge is 0.473 e. The normalized spacial score (nSPS) is 10.2. The number of benzene rings is 1. The minimum atomic E-state index is -0.461. The second-order valence-electron chi connectivity index (χ2n) is 4.19. The van der Waals surface area contributed by atoms with Crippen molar-refractivity contribution in [1.29, 1.82) is 0 Å². The highest BCUT2D eigenvalue weighted by molar-refractivity contribution is 5.24. The maximum atomic E-state index is 13.7. The Hall–Kier alpha value is -2.50. The van der Waals surface area contributed by atoms with Crippen molar-refractivity contribution in [2.45, 2.75) is 13.0 Å². The predicted molar refractivity (Wildman–Crippen MR) is 70.5 cm³/mol. The Balaban J connectivity index is 1.96. The number of rotatable bonds is 6. The summed E-state index contributed by atoms with van der Waals surface area (Å²) in [5, 5.41) is 10.3. The van der Waals surface area contributed by atoms with Crippen LogP contribution in [-0.4, -0.2) is 16.5 Å². The fraction of sp³-hybridized carbons (Fsp3) is 0.214. The molecule has 0 aliphatic carbocycles. The average Bonchev–Trinajstić information content (AvgIpc) is 2.45. The zero-order valence-corrected chi connectivity index (χ0v) is 10.7. The molecule has 0 saturated heterocycles. The zero-order chi connectivity index (χ0) is 14.4. The number of aromatic nitrogens is 1. The lowest BCUT2D eigenvalue weighted by atomic mass is 10.1. The van der Waals surface area contributed by atoms with Gasteiger partial charge in [0.1, 0.15) is 12.4 Å². The standard InChI is InChI=1S/C14H13FN2O3/c15-13-9-11(4-5-12(13)6-8-17(18)19)10-20-14-3-1-2-7-16-14/h1-5,7,9H,6,8,10H2. The monoisotopic (exact) mass is 276 g/mol. The molecule has 104 valence electrons. The van der Waals surface area contributed by atoms with Crippen molar-refractivity contribution < 1.29 is 14.1 Å². The minimum absolute atomic E-state index is 0.0835. The molecule has 0 unspecified atom stereocenters. The SMILES string of the molecule is O=[N+]([O-])CCc1ccc(COc2ccccn2)cc1F. The summed E-state index contributed by atoms with van der Waals surface area (Å²) in [5.74, 6) is 0.0132. The van der Waals surface area contributed by atoms with Crippen LogP contribution in [-0.2, 0) is 13.0 Å². The molecule has 0 radical (unpaired) electrons. The van der Waals surface area contributed by atoms with E-state index in [9.17, 15) is 14.5 Å². The summed E-state index contributed by atoms with van der Waals surface area (Å²) in [6, 6.07) is 9.86. The molecule has 0 aliphatic rings. The van der Waals surface area contributed by atoms with Crippen LogP contribution in [0.4, 0.5) is 4.39 Å². The van der Waals surface area contributed by atoms with Gasteiger partial charge >= 0.3 is 0 Å². The van der Waals surface area contributed by atoms with Gasteiger partial charge in [0.2, 0.25) is 12.4 Å². The Bertz CT molecular complexity index is 590. The third-order valence-corrected chi connectivity index (χ3v) is 2.71. The van der Waals surface area contributed by atoms with Gasteiger partial charge in [0.05, 0.1) is 0 Å². The molecule has 2 aromatic rings. The molecular formula is C14H13FN2O3. The molecule has 1 aromatic heterocycles. The van der Waals surface area contributed by atoms with Crippen LogP contribution in [0.15, 0.2) is 42.6 Å². The molecule has 6 heteroatoms. The number of halogens is 1. The molecule has 5 nitrogen and oxygen atoms in total. The zero-order valence-electron chi connectivity index (χ0n) is 10.7. The van der Waals surface area contributed by atoms with E-state index >= 15 is 0 Å². The Morgan fingerprint density at radius 1 is 1.30 bits per heavy atom. The Kier molecular flexibility index (Phi) is 4.60. The average molecular weight is 276 g/mol. The van der Waals surface area contributed by atoms with E-state index in [0.29, 0.717) is 17.0 Å². The third kappa shape index (κ3) is 4.01. The fourth-order valence-electron chi connectivity index (χ4n) is 1.68. The summed E-state index contributed by atoms with van der Waals surface area (Å²) < 4.78 is 19.1. The van der Waals surface area contributed by atoms with E-state index in [1.54, 1.807) is 36.5 Å². The summed E-state index contributed by atoms with van der Waals surface area (Å²) >= 11 is 0. The van der Waals surface area contributed by atoms with Crippen LogP contribution < -0.4 is 4.74 Å². The van der Waals surface area contributed by atoms with Gasteiger partial charge in [-0.15, -0.1) is 0 Å². The fourth-order valence-corrected chi connectivity index (χ4v) is 1.68. The first-order valence-electron chi connectivity index (χ1n) is 6.08. The van der Waals surface area contributed by atoms with Gasteiger partial charge in [-0.05, 0) is 23.3 Å². The van der Waals surface area contributed by atoms with Crippen LogP contribution in [0, 0.1) is 15.9 Å². The minimum Gasteiger partial charge on any atom is -0.473 e.